The maximum absolute atomic E-state index is 12.9. The first-order chi connectivity index (χ1) is 11.2. The van der Waals surface area contributed by atoms with Gasteiger partial charge in [-0.2, -0.15) is 5.10 Å². The summed E-state index contributed by atoms with van der Waals surface area (Å²) in [5.74, 6) is 0.781. The van der Waals surface area contributed by atoms with E-state index in [0.717, 1.165) is 37.4 Å². The number of hydrogen-bond donors (Lipinski definition) is 0. The summed E-state index contributed by atoms with van der Waals surface area (Å²) in [5.41, 5.74) is 1.19. The van der Waals surface area contributed by atoms with Gasteiger partial charge in [0.05, 0.1) is 12.6 Å². The second-order valence-electron chi connectivity index (χ2n) is 6.56. The molecule has 1 aliphatic carbocycles. The highest BCUT2D eigenvalue weighted by atomic mass is 35.5. The summed E-state index contributed by atoms with van der Waals surface area (Å²) >= 11 is 6.07. The fraction of sp³-hybridized carbons (Fsp3) is 0.444. The molecular weight excluding hydrogens is 310 g/mol. The number of hydrogen-bond acceptors (Lipinski definition) is 2. The van der Waals surface area contributed by atoms with Gasteiger partial charge in [-0.25, -0.2) is 0 Å². The van der Waals surface area contributed by atoms with Gasteiger partial charge < -0.3 is 4.90 Å². The molecule has 23 heavy (non-hydrogen) atoms. The van der Waals surface area contributed by atoms with Crippen LogP contribution in [0.25, 0.3) is 0 Å². The van der Waals surface area contributed by atoms with E-state index in [1.54, 1.807) is 6.20 Å². The van der Waals surface area contributed by atoms with E-state index in [-0.39, 0.29) is 12.0 Å². The van der Waals surface area contributed by atoms with E-state index < -0.39 is 0 Å². The van der Waals surface area contributed by atoms with E-state index in [1.165, 1.54) is 5.56 Å². The Morgan fingerprint density at radius 2 is 2.26 bits per heavy atom. The maximum atomic E-state index is 12.9. The Kier molecular flexibility index (Phi) is 3.85. The van der Waals surface area contributed by atoms with Gasteiger partial charge in [0, 0.05) is 29.9 Å². The molecule has 1 saturated heterocycles. The van der Waals surface area contributed by atoms with Crippen LogP contribution in [0.15, 0.2) is 42.7 Å². The van der Waals surface area contributed by atoms with Crippen molar-refractivity contribution in [1.82, 2.24) is 14.7 Å². The number of nitrogens with zero attached hydrogens (tertiary/aromatic N) is 3. The van der Waals surface area contributed by atoms with Gasteiger partial charge in [0.25, 0.3) is 0 Å². The van der Waals surface area contributed by atoms with Crippen LogP contribution in [-0.4, -0.2) is 33.2 Å². The van der Waals surface area contributed by atoms with Crippen molar-refractivity contribution in [2.75, 3.05) is 6.54 Å². The van der Waals surface area contributed by atoms with Gasteiger partial charge in [-0.1, -0.05) is 23.7 Å². The highest BCUT2D eigenvalue weighted by Crippen LogP contribution is 2.49. The first-order valence-corrected chi connectivity index (χ1v) is 8.63. The molecule has 3 atom stereocenters. The zero-order valence-electron chi connectivity index (χ0n) is 12.9. The quantitative estimate of drug-likeness (QED) is 0.863. The molecule has 2 aliphatic rings. The Labute approximate surface area is 141 Å². The number of rotatable bonds is 4. The molecule has 0 bridgehead atoms. The van der Waals surface area contributed by atoms with Gasteiger partial charge in [0.15, 0.2) is 0 Å². The first kappa shape index (κ1) is 14.8. The zero-order valence-corrected chi connectivity index (χ0v) is 13.7. The zero-order chi connectivity index (χ0) is 15.8. The van der Waals surface area contributed by atoms with Crippen molar-refractivity contribution in [2.24, 2.45) is 5.92 Å². The number of amides is 1. The van der Waals surface area contributed by atoms with Gasteiger partial charge in [0.2, 0.25) is 5.91 Å². The SMILES string of the molecule is O=C([C@@H]1C[C@@H]1c1cccc(Cl)c1)N1CCC[C@@H]1Cn1cccn1. The van der Waals surface area contributed by atoms with Gasteiger partial charge in [-0.05, 0) is 48.9 Å². The fourth-order valence-electron chi connectivity index (χ4n) is 3.73. The third-order valence-electron chi connectivity index (χ3n) is 5.00. The van der Waals surface area contributed by atoms with Crippen molar-refractivity contribution in [3.63, 3.8) is 0 Å². The molecule has 2 aromatic rings. The standard InChI is InChI=1S/C18H20ClN3O/c19-14-5-1-4-13(10-14)16-11-17(16)18(23)22-9-2-6-15(22)12-21-8-3-7-20-21/h1,3-5,7-8,10,15-17H,2,6,9,11-12H2/t15-,16-,17-/m1/s1. The van der Waals surface area contributed by atoms with E-state index in [1.807, 2.05) is 35.1 Å². The molecule has 0 radical (unpaired) electrons. The summed E-state index contributed by atoms with van der Waals surface area (Å²) in [6, 6.07) is 10.1. The van der Waals surface area contributed by atoms with Crippen LogP contribution in [0.3, 0.4) is 0 Å². The van der Waals surface area contributed by atoms with Crippen molar-refractivity contribution >= 4 is 17.5 Å². The minimum atomic E-state index is 0.131. The van der Waals surface area contributed by atoms with E-state index >= 15 is 0 Å². The smallest absolute Gasteiger partial charge is 0.226 e. The van der Waals surface area contributed by atoms with Crippen LogP contribution in [0, 0.1) is 5.92 Å². The average molecular weight is 330 g/mol. The highest BCUT2D eigenvalue weighted by Gasteiger charge is 2.47. The summed E-state index contributed by atoms with van der Waals surface area (Å²) < 4.78 is 1.93. The molecule has 2 fully saturated rings. The van der Waals surface area contributed by atoms with Crippen LogP contribution < -0.4 is 0 Å². The molecule has 0 N–H and O–H groups in total. The fourth-order valence-corrected chi connectivity index (χ4v) is 3.93. The molecule has 2 heterocycles. The van der Waals surface area contributed by atoms with Crippen molar-refractivity contribution in [1.29, 1.82) is 0 Å². The van der Waals surface area contributed by atoms with Crippen molar-refractivity contribution in [2.45, 2.75) is 37.8 Å². The predicted molar refractivity (Wildman–Crippen MR) is 89.3 cm³/mol. The molecule has 1 aromatic carbocycles. The van der Waals surface area contributed by atoms with E-state index in [2.05, 4.69) is 16.1 Å². The molecule has 1 saturated carbocycles. The summed E-state index contributed by atoms with van der Waals surface area (Å²) in [7, 11) is 0. The predicted octanol–water partition coefficient (Wildman–Crippen LogP) is 3.33. The third-order valence-corrected chi connectivity index (χ3v) is 5.24. The molecule has 0 spiro atoms. The minimum absolute atomic E-state index is 0.131. The molecular formula is C18H20ClN3O. The topological polar surface area (TPSA) is 38.1 Å². The van der Waals surface area contributed by atoms with Crippen LogP contribution in [0.5, 0.6) is 0 Å². The number of halogens is 1. The van der Waals surface area contributed by atoms with Crippen molar-refractivity contribution in [3.05, 3.63) is 53.3 Å². The Morgan fingerprint density at radius 3 is 3.04 bits per heavy atom. The van der Waals surface area contributed by atoms with Crippen molar-refractivity contribution in [3.8, 4) is 0 Å². The van der Waals surface area contributed by atoms with Crippen LogP contribution >= 0.6 is 11.6 Å². The van der Waals surface area contributed by atoms with E-state index in [0.29, 0.717) is 11.8 Å². The molecule has 1 amide bonds. The third kappa shape index (κ3) is 3.00. The second kappa shape index (κ2) is 6.00. The van der Waals surface area contributed by atoms with Gasteiger partial charge in [0.1, 0.15) is 0 Å². The number of carbonyl (C=O) groups excluding carboxylic acids is 1. The Balaban J connectivity index is 1.43. The lowest BCUT2D eigenvalue weighted by atomic mass is 10.1. The molecule has 1 aromatic heterocycles. The lowest BCUT2D eigenvalue weighted by Gasteiger charge is -2.25. The Hall–Kier alpha value is -1.81. The van der Waals surface area contributed by atoms with Crippen LogP contribution in [0.4, 0.5) is 0 Å². The summed E-state index contributed by atoms with van der Waals surface area (Å²) in [4.78, 5) is 15.0. The maximum Gasteiger partial charge on any atom is 0.226 e. The molecule has 0 unspecified atom stereocenters. The highest BCUT2D eigenvalue weighted by molar-refractivity contribution is 6.30. The summed E-state index contributed by atoms with van der Waals surface area (Å²) in [6.07, 6.45) is 6.86. The lowest BCUT2D eigenvalue weighted by Crippen LogP contribution is -2.39. The summed E-state index contributed by atoms with van der Waals surface area (Å²) in [6.45, 7) is 1.68. The molecule has 1 aliphatic heterocycles. The number of aromatic nitrogens is 2. The number of carbonyl (C=O) groups is 1. The summed E-state index contributed by atoms with van der Waals surface area (Å²) in [5, 5.41) is 5.02. The van der Waals surface area contributed by atoms with E-state index in [4.69, 9.17) is 11.6 Å². The van der Waals surface area contributed by atoms with Gasteiger partial charge >= 0.3 is 0 Å². The second-order valence-corrected chi connectivity index (χ2v) is 7.00. The van der Waals surface area contributed by atoms with Crippen molar-refractivity contribution < 1.29 is 4.79 Å². The molecule has 4 rings (SSSR count). The first-order valence-electron chi connectivity index (χ1n) is 8.26. The largest absolute Gasteiger partial charge is 0.338 e. The average Bonchev–Trinajstić information content (AvgIpc) is 2.94. The molecule has 120 valence electrons. The lowest BCUT2D eigenvalue weighted by molar-refractivity contribution is -0.133. The molecule has 5 heteroatoms. The Bertz CT molecular complexity index is 700. The monoisotopic (exact) mass is 329 g/mol. The van der Waals surface area contributed by atoms with Crippen LogP contribution in [0.1, 0.15) is 30.7 Å². The Morgan fingerprint density at radius 1 is 1.35 bits per heavy atom. The van der Waals surface area contributed by atoms with Gasteiger partial charge in [-0.15, -0.1) is 0 Å². The number of likely N-dealkylation sites (tertiary alicyclic amines) is 1. The molecule has 4 nitrogen and oxygen atoms in total. The van der Waals surface area contributed by atoms with E-state index in [9.17, 15) is 4.79 Å². The van der Waals surface area contributed by atoms with Crippen LogP contribution in [0.2, 0.25) is 5.02 Å². The van der Waals surface area contributed by atoms with Gasteiger partial charge in [-0.3, -0.25) is 9.48 Å². The minimum Gasteiger partial charge on any atom is -0.338 e. The normalized spacial score (nSPS) is 26.5. The number of benzene rings is 1. The van der Waals surface area contributed by atoms with Crippen LogP contribution in [-0.2, 0) is 11.3 Å².